The predicted molar refractivity (Wildman–Crippen MR) is 89.2 cm³/mol. The minimum Gasteiger partial charge on any atom is -0.378 e. The molecule has 128 valence electrons. The average Bonchev–Trinajstić information content (AvgIpc) is 2.96. The number of hydrogen-bond donors (Lipinski definition) is 1. The zero-order valence-corrected chi connectivity index (χ0v) is 14.6. The number of nitrogens with one attached hydrogen (secondary N) is 1. The first kappa shape index (κ1) is 15.6. The van der Waals surface area contributed by atoms with Crippen molar-refractivity contribution in [2.24, 2.45) is 5.41 Å². The molecule has 0 radical (unpaired) electrons. The first-order valence-electron chi connectivity index (χ1n) is 9.52. The van der Waals surface area contributed by atoms with Crippen LogP contribution in [-0.2, 0) is 11.3 Å². The molecule has 1 aromatic rings. The summed E-state index contributed by atoms with van der Waals surface area (Å²) in [7, 11) is 0. The second-order valence-corrected chi connectivity index (χ2v) is 7.63. The van der Waals surface area contributed by atoms with Crippen LogP contribution in [0.25, 0.3) is 0 Å². The summed E-state index contributed by atoms with van der Waals surface area (Å²) in [6.07, 6.45) is 10.8. The fourth-order valence-corrected chi connectivity index (χ4v) is 5.17. The summed E-state index contributed by atoms with van der Waals surface area (Å²) in [6.45, 7) is 5.99. The van der Waals surface area contributed by atoms with Crippen LogP contribution in [0, 0.1) is 12.3 Å². The highest BCUT2D eigenvalue weighted by molar-refractivity contribution is 5.12. The summed E-state index contributed by atoms with van der Waals surface area (Å²) >= 11 is 0. The Morgan fingerprint density at radius 1 is 1.26 bits per heavy atom. The lowest BCUT2D eigenvalue weighted by Gasteiger charge is -2.58. The van der Waals surface area contributed by atoms with E-state index in [1.54, 1.807) is 0 Å². The molecule has 1 aliphatic heterocycles. The van der Waals surface area contributed by atoms with Crippen molar-refractivity contribution < 1.29 is 4.74 Å². The summed E-state index contributed by atoms with van der Waals surface area (Å²) in [5.74, 6) is 2.06. The van der Waals surface area contributed by atoms with Gasteiger partial charge in [-0.3, -0.25) is 0 Å². The molecule has 5 heteroatoms. The lowest BCUT2D eigenvalue weighted by Crippen LogP contribution is -2.65. The van der Waals surface area contributed by atoms with E-state index in [0.717, 1.165) is 31.2 Å². The maximum Gasteiger partial charge on any atom is 0.147 e. The molecule has 0 aromatic carbocycles. The van der Waals surface area contributed by atoms with Crippen molar-refractivity contribution in [2.45, 2.75) is 89.9 Å². The Balaban J connectivity index is 1.50. The van der Waals surface area contributed by atoms with Crippen molar-refractivity contribution in [3.63, 3.8) is 0 Å². The van der Waals surface area contributed by atoms with Crippen LogP contribution in [0.3, 0.4) is 0 Å². The van der Waals surface area contributed by atoms with Crippen molar-refractivity contribution >= 4 is 0 Å². The molecular weight excluding hydrogens is 288 g/mol. The van der Waals surface area contributed by atoms with Gasteiger partial charge in [-0.2, -0.15) is 5.10 Å². The Labute approximate surface area is 139 Å². The summed E-state index contributed by atoms with van der Waals surface area (Å²) < 4.78 is 8.20. The SMILES string of the molecule is CCO[C@@H]1C[C@H](N[C@@H]2CCCn3nc(C)nc32)C12CCCCC2. The molecule has 3 atom stereocenters. The van der Waals surface area contributed by atoms with E-state index >= 15 is 0 Å². The topological polar surface area (TPSA) is 52.0 Å². The summed E-state index contributed by atoms with van der Waals surface area (Å²) in [6, 6.07) is 0.962. The molecule has 0 amide bonds. The molecule has 0 saturated heterocycles. The second kappa shape index (κ2) is 6.17. The standard InChI is InChI=1S/C18H30N4O/c1-3-23-16-12-15(18(16)9-5-4-6-10-18)20-14-8-7-11-22-17(14)19-13(2)21-22/h14-16,20H,3-12H2,1-2H3/t14-,15+,16-/m1/s1. The van der Waals surface area contributed by atoms with E-state index in [0.29, 0.717) is 23.6 Å². The number of aromatic nitrogens is 3. The number of fused-ring (bicyclic) bond motifs is 1. The number of ether oxygens (including phenoxy) is 1. The summed E-state index contributed by atoms with van der Waals surface area (Å²) in [4.78, 5) is 4.69. The van der Waals surface area contributed by atoms with Gasteiger partial charge in [0.15, 0.2) is 0 Å². The molecule has 0 bridgehead atoms. The van der Waals surface area contributed by atoms with Crippen LogP contribution in [0.1, 0.15) is 76.0 Å². The quantitative estimate of drug-likeness (QED) is 0.926. The van der Waals surface area contributed by atoms with Crippen LogP contribution < -0.4 is 5.32 Å². The zero-order valence-electron chi connectivity index (χ0n) is 14.6. The molecule has 2 saturated carbocycles. The highest BCUT2D eigenvalue weighted by atomic mass is 16.5. The molecule has 2 heterocycles. The van der Waals surface area contributed by atoms with Gasteiger partial charge in [-0.15, -0.1) is 0 Å². The minimum atomic E-state index is 0.372. The van der Waals surface area contributed by atoms with Crippen molar-refractivity contribution in [3.8, 4) is 0 Å². The van der Waals surface area contributed by atoms with Crippen molar-refractivity contribution in [2.75, 3.05) is 6.61 Å². The number of rotatable bonds is 4. The van der Waals surface area contributed by atoms with Crippen LogP contribution in [0.5, 0.6) is 0 Å². The van der Waals surface area contributed by atoms with Gasteiger partial charge in [0.1, 0.15) is 11.6 Å². The molecule has 2 fully saturated rings. The lowest BCUT2D eigenvalue weighted by molar-refractivity contribution is -0.152. The smallest absolute Gasteiger partial charge is 0.147 e. The maximum atomic E-state index is 6.09. The van der Waals surface area contributed by atoms with Crippen molar-refractivity contribution in [3.05, 3.63) is 11.6 Å². The van der Waals surface area contributed by atoms with E-state index < -0.39 is 0 Å². The molecule has 23 heavy (non-hydrogen) atoms. The Morgan fingerprint density at radius 2 is 2.09 bits per heavy atom. The van der Waals surface area contributed by atoms with Gasteiger partial charge in [0, 0.05) is 24.6 Å². The first-order chi connectivity index (χ1) is 11.2. The van der Waals surface area contributed by atoms with Crippen LogP contribution in [0.2, 0.25) is 0 Å². The van der Waals surface area contributed by atoms with Gasteiger partial charge < -0.3 is 10.1 Å². The Bertz CT molecular complexity index is 549. The van der Waals surface area contributed by atoms with Crippen molar-refractivity contribution in [1.29, 1.82) is 0 Å². The van der Waals surface area contributed by atoms with Gasteiger partial charge in [0.2, 0.25) is 0 Å². The molecular formula is C18H30N4O. The normalized spacial score (nSPS) is 32.5. The molecule has 1 spiro atoms. The van der Waals surface area contributed by atoms with E-state index in [-0.39, 0.29) is 0 Å². The maximum absolute atomic E-state index is 6.09. The third-order valence-electron chi connectivity index (χ3n) is 6.32. The van der Waals surface area contributed by atoms with Gasteiger partial charge in [0.25, 0.3) is 0 Å². The third kappa shape index (κ3) is 2.62. The van der Waals surface area contributed by atoms with E-state index in [9.17, 15) is 0 Å². The molecule has 1 aromatic heterocycles. The summed E-state index contributed by atoms with van der Waals surface area (Å²) in [5.41, 5.74) is 0.381. The fourth-order valence-electron chi connectivity index (χ4n) is 5.17. The molecule has 3 aliphatic rings. The molecule has 4 rings (SSSR count). The number of hydrogen-bond acceptors (Lipinski definition) is 4. The van der Waals surface area contributed by atoms with Crippen LogP contribution >= 0.6 is 0 Å². The van der Waals surface area contributed by atoms with Gasteiger partial charge >= 0.3 is 0 Å². The Kier molecular flexibility index (Phi) is 4.18. The Hall–Kier alpha value is -0.940. The fraction of sp³-hybridized carbons (Fsp3) is 0.889. The zero-order chi connectivity index (χ0) is 15.9. The highest BCUT2D eigenvalue weighted by Gasteiger charge is 2.56. The van der Waals surface area contributed by atoms with Crippen molar-refractivity contribution in [1.82, 2.24) is 20.1 Å². The van der Waals surface area contributed by atoms with E-state index in [1.165, 1.54) is 44.9 Å². The minimum absolute atomic E-state index is 0.372. The van der Waals surface area contributed by atoms with Gasteiger partial charge in [-0.05, 0) is 46.0 Å². The molecule has 5 nitrogen and oxygen atoms in total. The Morgan fingerprint density at radius 3 is 2.87 bits per heavy atom. The second-order valence-electron chi connectivity index (χ2n) is 7.63. The number of nitrogens with zero attached hydrogens (tertiary/aromatic N) is 3. The van der Waals surface area contributed by atoms with E-state index in [1.807, 2.05) is 6.92 Å². The van der Waals surface area contributed by atoms with Crippen LogP contribution in [0.15, 0.2) is 0 Å². The third-order valence-corrected chi connectivity index (χ3v) is 6.32. The van der Waals surface area contributed by atoms with Gasteiger partial charge in [0.05, 0.1) is 12.1 Å². The molecule has 0 unspecified atom stereocenters. The average molecular weight is 318 g/mol. The first-order valence-corrected chi connectivity index (χ1v) is 9.52. The monoisotopic (exact) mass is 318 g/mol. The molecule has 1 N–H and O–H groups in total. The van der Waals surface area contributed by atoms with Crippen LogP contribution in [0.4, 0.5) is 0 Å². The largest absolute Gasteiger partial charge is 0.378 e. The van der Waals surface area contributed by atoms with Gasteiger partial charge in [-0.1, -0.05) is 19.3 Å². The van der Waals surface area contributed by atoms with E-state index in [4.69, 9.17) is 9.72 Å². The lowest BCUT2D eigenvalue weighted by atomic mass is 9.55. The predicted octanol–water partition coefficient (Wildman–Crippen LogP) is 3.14. The van der Waals surface area contributed by atoms with Crippen LogP contribution in [-0.4, -0.2) is 33.5 Å². The van der Waals surface area contributed by atoms with E-state index in [2.05, 4.69) is 22.0 Å². The van der Waals surface area contributed by atoms with Gasteiger partial charge in [-0.25, -0.2) is 9.67 Å². The number of aryl methyl sites for hydroxylation is 2. The highest BCUT2D eigenvalue weighted by Crippen LogP contribution is 2.54. The summed E-state index contributed by atoms with van der Waals surface area (Å²) in [5, 5.41) is 8.51. The molecule has 2 aliphatic carbocycles.